The summed E-state index contributed by atoms with van der Waals surface area (Å²) in [6.07, 6.45) is 3.18. The van der Waals surface area contributed by atoms with E-state index in [-0.39, 0.29) is 6.09 Å². The highest BCUT2D eigenvalue weighted by Gasteiger charge is 2.28. The molecule has 2 rings (SSSR count). The second-order valence-corrected chi connectivity index (χ2v) is 8.79. The van der Waals surface area contributed by atoms with Crippen LogP contribution in [0.25, 0.3) is 0 Å². The maximum atomic E-state index is 12.1. The van der Waals surface area contributed by atoms with Crippen molar-refractivity contribution in [2.24, 2.45) is 5.92 Å². The highest BCUT2D eigenvalue weighted by Crippen LogP contribution is 2.22. The van der Waals surface area contributed by atoms with Crippen LogP contribution in [-0.2, 0) is 15.5 Å². The van der Waals surface area contributed by atoms with Crippen LogP contribution in [0, 0.1) is 5.92 Å². The zero-order valence-electron chi connectivity index (χ0n) is 12.7. The van der Waals surface area contributed by atoms with Gasteiger partial charge >= 0.3 is 6.09 Å². The van der Waals surface area contributed by atoms with E-state index in [9.17, 15) is 9.00 Å². The van der Waals surface area contributed by atoms with E-state index in [0.29, 0.717) is 29.1 Å². The molecule has 1 unspecified atom stereocenters. The number of likely N-dealkylation sites (tertiary alicyclic amines) is 1. The second-order valence-electron chi connectivity index (χ2n) is 6.22. The fourth-order valence-corrected chi connectivity index (χ4v) is 4.46. The summed E-state index contributed by atoms with van der Waals surface area (Å²) < 4.78 is 18.2. The van der Waals surface area contributed by atoms with Crippen LogP contribution in [0.4, 0.5) is 4.79 Å². The lowest BCUT2D eigenvalue weighted by Gasteiger charge is -2.33. The van der Waals surface area contributed by atoms with Gasteiger partial charge in [0.05, 0.1) is 10.8 Å². The van der Waals surface area contributed by atoms with Crippen molar-refractivity contribution < 1.29 is 13.7 Å². The third-order valence-corrected chi connectivity index (χ3v) is 5.94. The SMILES string of the molecule is CC(C)(C)OC(=O)N1CCC(CS(=O)c2nccs2)CC1. The average molecular weight is 330 g/mol. The van der Waals surface area contributed by atoms with Crippen LogP contribution in [0.3, 0.4) is 0 Å². The Morgan fingerprint density at radius 3 is 2.67 bits per heavy atom. The fourth-order valence-electron chi connectivity index (χ4n) is 2.22. The molecule has 0 N–H and O–H groups in total. The van der Waals surface area contributed by atoms with Crippen molar-refractivity contribution in [1.29, 1.82) is 0 Å². The van der Waals surface area contributed by atoms with Gasteiger partial charge in [0.1, 0.15) is 5.60 Å². The van der Waals surface area contributed by atoms with Gasteiger partial charge in [0.15, 0.2) is 4.34 Å². The summed E-state index contributed by atoms with van der Waals surface area (Å²) >= 11 is 1.44. The number of nitrogens with zero attached hydrogens (tertiary/aromatic N) is 2. The molecule has 2 heterocycles. The Kier molecular flexibility index (Phi) is 5.37. The number of rotatable bonds is 3. The van der Waals surface area contributed by atoms with Crippen LogP contribution < -0.4 is 0 Å². The highest BCUT2D eigenvalue weighted by molar-refractivity contribution is 7.87. The number of piperidine rings is 1. The summed E-state index contributed by atoms with van der Waals surface area (Å²) in [4.78, 5) is 17.8. The summed E-state index contributed by atoms with van der Waals surface area (Å²) in [5.74, 6) is 1.02. The summed E-state index contributed by atoms with van der Waals surface area (Å²) in [6.45, 7) is 6.96. The summed E-state index contributed by atoms with van der Waals surface area (Å²) in [5.41, 5.74) is -0.458. The smallest absolute Gasteiger partial charge is 0.410 e. The van der Waals surface area contributed by atoms with Crippen LogP contribution in [0.15, 0.2) is 15.9 Å². The molecule has 1 fully saturated rings. The molecule has 1 amide bonds. The maximum Gasteiger partial charge on any atom is 0.410 e. The number of carbonyl (C=O) groups is 1. The van der Waals surface area contributed by atoms with E-state index in [1.807, 2.05) is 26.2 Å². The Balaban J connectivity index is 1.78. The average Bonchev–Trinajstić information content (AvgIpc) is 2.91. The van der Waals surface area contributed by atoms with Crippen molar-refractivity contribution in [3.8, 4) is 0 Å². The van der Waals surface area contributed by atoms with Crippen molar-refractivity contribution in [2.75, 3.05) is 18.8 Å². The Labute approximate surface area is 132 Å². The van der Waals surface area contributed by atoms with Gasteiger partial charge in [-0.05, 0) is 39.5 Å². The first-order valence-electron chi connectivity index (χ1n) is 7.11. The number of amides is 1. The highest BCUT2D eigenvalue weighted by atomic mass is 32.2. The second kappa shape index (κ2) is 6.87. The van der Waals surface area contributed by atoms with Gasteiger partial charge in [-0.15, -0.1) is 11.3 Å². The minimum atomic E-state index is -1.01. The molecule has 1 atom stereocenters. The van der Waals surface area contributed by atoms with Gasteiger partial charge in [0, 0.05) is 30.4 Å². The fraction of sp³-hybridized carbons (Fsp3) is 0.714. The molecule has 0 saturated carbocycles. The molecule has 1 aromatic heterocycles. The number of thiazole rings is 1. The number of hydrogen-bond acceptors (Lipinski definition) is 5. The third kappa shape index (κ3) is 5.07. The van der Waals surface area contributed by atoms with Crippen LogP contribution in [0.2, 0.25) is 0 Å². The molecule has 1 saturated heterocycles. The molecule has 0 bridgehead atoms. The van der Waals surface area contributed by atoms with E-state index in [0.717, 1.165) is 12.8 Å². The lowest BCUT2D eigenvalue weighted by atomic mass is 9.99. The largest absolute Gasteiger partial charge is 0.444 e. The summed E-state index contributed by atoms with van der Waals surface area (Å²) in [7, 11) is -1.01. The molecular formula is C14H22N2O3S2. The molecule has 1 aliphatic rings. The van der Waals surface area contributed by atoms with Crippen LogP contribution in [0.1, 0.15) is 33.6 Å². The number of ether oxygens (including phenoxy) is 1. The zero-order chi connectivity index (χ0) is 15.5. The number of hydrogen-bond donors (Lipinski definition) is 0. The molecule has 1 aromatic rings. The van der Waals surface area contributed by atoms with Crippen LogP contribution >= 0.6 is 11.3 Å². The van der Waals surface area contributed by atoms with Crippen molar-refractivity contribution in [1.82, 2.24) is 9.88 Å². The van der Waals surface area contributed by atoms with E-state index in [4.69, 9.17) is 4.74 Å². The Bertz CT molecular complexity index is 489. The summed E-state index contributed by atoms with van der Waals surface area (Å²) in [6, 6.07) is 0. The first-order valence-corrected chi connectivity index (χ1v) is 9.31. The molecule has 5 nitrogen and oxygen atoms in total. The van der Waals surface area contributed by atoms with Crippen molar-refractivity contribution in [3.63, 3.8) is 0 Å². The van der Waals surface area contributed by atoms with Gasteiger partial charge < -0.3 is 9.64 Å². The zero-order valence-corrected chi connectivity index (χ0v) is 14.3. The molecule has 21 heavy (non-hydrogen) atoms. The van der Waals surface area contributed by atoms with E-state index in [2.05, 4.69) is 4.98 Å². The standard InChI is InChI=1S/C14H22N2O3S2/c1-14(2,3)19-13(17)16-7-4-11(5-8-16)10-21(18)12-15-6-9-20-12/h6,9,11H,4-5,7-8,10H2,1-3H3. The van der Waals surface area contributed by atoms with Crippen molar-refractivity contribution in [2.45, 2.75) is 43.6 Å². The Hall–Kier alpha value is -0.950. The van der Waals surface area contributed by atoms with E-state index in [1.165, 1.54) is 11.3 Å². The Morgan fingerprint density at radius 1 is 1.48 bits per heavy atom. The molecular weight excluding hydrogens is 308 g/mol. The monoisotopic (exact) mass is 330 g/mol. The molecule has 7 heteroatoms. The molecule has 118 valence electrons. The first kappa shape index (κ1) is 16.4. The van der Waals surface area contributed by atoms with Crippen molar-refractivity contribution >= 4 is 28.2 Å². The molecule has 0 radical (unpaired) electrons. The van der Waals surface area contributed by atoms with Gasteiger partial charge in [0.25, 0.3) is 0 Å². The van der Waals surface area contributed by atoms with E-state index in [1.54, 1.807) is 11.1 Å². The topological polar surface area (TPSA) is 59.5 Å². The first-order chi connectivity index (χ1) is 9.85. The predicted octanol–water partition coefficient (Wildman–Crippen LogP) is 2.90. The van der Waals surface area contributed by atoms with Gasteiger partial charge in [-0.2, -0.15) is 0 Å². The number of aromatic nitrogens is 1. The van der Waals surface area contributed by atoms with E-state index < -0.39 is 16.4 Å². The van der Waals surface area contributed by atoms with E-state index >= 15 is 0 Å². The molecule has 0 spiro atoms. The number of carbonyl (C=O) groups excluding carboxylic acids is 1. The normalized spacial score (nSPS) is 18.5. The lowest BCUT2D eigenvalue weighted by Crippen LogP contribution is -2.42. The van der Waals surface area contributed by atoms with Gasteiger partial charge in [-0.1, -0.05) is 0 Å². The summed E-state index contributed by atoms with van der Waals surface area (Å²) in [5, 5.41) is 1.85. The van der Waals surface area contributed by atoms with Gasteiger partial charge in [-0.3, -0.25) is 4.21 Å². The van der Waals surface area contributed by atoms with Gasteiger partial charge in [0.2, 0.25) is 0 Å². The van der Waals surface area contributed by atoms with Crippen LogP contribution in [0.5, 0.6) is 0 Å². The van der Waals surface area contributed by atoms with Crippen LogP contribution in [-0.4, -0.2) is 44.6 Å². The molecule has 0 aromatic carbocycles. The van der Waals surface area contributed by atoms with Gasteiger partial charge in [-0.25, -0.2) is 9.78 Å². The quantitative estimate of drug-likeness (QED) is 0.855. The third-order valence-electron chi connectivity index (χ3n) is 3.26. The minimum Gasteiger partial charge on any atom is -0.444 e. The van der Waals surface area contributed by atoms with Crippen molar-refractivity contribution in [3.05, 3.63) is 11.6 Å². The molecule has 1 aliphatic heterocycles. The lowest BCUT2D eigenvalue weighted by molar-refractivity contribution is 0.0191. The minimum absolute atomic E-state index is 0.248. The molecule has 0 aliphatic carbocycles. The maximum absolute atomic E-state index is 12.1. The predicted molar refractivity (Wildman–Crippen MR) is 83.9 cm³/mol. The Morgan fingerprint density at radius 2 is 2.14 bits per heavy atom.